The predicted molar refractivity (Wildman–Crippen MR) is 94.8 cm³/mol. The fourth-order valence-corrected chi connectivity index (χ4v) is 3.20. The third-order valence-corrected chi connectivity index (χ3v) is 4.81. The molecule has 1 atom stereocenters. The second-order valence-corrected chi connectivity index (χ2v) is 7.04. The molecule has 0 unspecified atom stereocenters. The lowest BCUT2D eigenvalue weighted by Crippen LogP contribution is -2.34. The van der Waals surface area contributed by atoms with Gasteiger partial charge in [-0.1, -0.05) is 19.9 Å². The first kappa shape index (κ1) is 17.1. The molecule has 0 aliphatic carbocycles. The highest BCUT2D eigenvalue weighted by Gasteiger charge is 2.26. The molecule has 5 heteroatoms. The van der Waals surface area contributed by atoms with E-state index in [-0.39, 0.29) is 0 Å². The van der Waals surface area contributed by atoms with Gasteiger partial charge < -0.3 is 9.32 Å². The summed E-state index contributed by atoms with van der Waals surface area (Å²) in [5.41, 5.74) is 1.18. The van der Waals surface area contributed by atoms with Crippen LogP contribution in [0.15, 0.2) is 35.0 Å². The van der Waals surface area contributed by atoms with E-state index in [9.17, 15) is 0 Å². The molecule has 1 aliphatic rings. The van der Waals surface area contributed by atoms with Gasteiger partial charge in [-0.05, 0) is 32.1 Å². The van der Waals surface area contributed by atoms with Crippen LogP contribution in [0.4, 0.5) is 0 Å². The Bertz CT molecular complexity index is 625. The van der Waals surface area contributed by atoms with E-state index in [1.165, 1.54) is 12.1 Å². The van der Waals surface area contributed by atoms with Gasteiger partial charge in [-0.3, -0.25) is 9.88 Å². The smallest absolute Gasteiger partial charge is 0.208 e. The van der Waals surface area contributed by atoms with Gasteiger partial charge in [0.15, 0.2) is 0 Å². The average Bonchev–Trinajstić information content (AvgIpc) is 3.23. The van der Waals surface area contributed by atoms with Crippen molar-refractivity contribution in [1.29, 1.82) is 0 Å². The Balaban J connectivity index is 1.45. The number of rotatable bonds is 7. The van der Waals surface area contributed by atoms with E-state index in [1.54, 1.807) is 0 Å². The minimum atomic E-state index is 0.394. The largest absolute Gasteiger partial charge is 0.444 e. The molecule has 0 aromatic carbocycles. The van der Waals surface area contributed by atoms with Crippen LogP contribution in [0.25, 0.3) is 0 Å². The molecule has 3 heterocycles. The summed E-state index contributed by atoms with van der Waals surface area (Å²) in [6, 6.07) is 6.71. The van der Waals surface area contributed by atoms with Gasteiger partial charge in [-0.25, -0.2) is 4.98 Å². The lowest BCUT2D eigenvalue weighted by Gasteiger charge is -2.23. The Kier molecular flexibility index (Phi) is 5.63. The Morgan fingerprint density at radius 2 is 2.21 bits per heavy atom. The van der Waals surface area contributed by atoms with E-state index >= 15 is 0 Å². The number of pyridine rings is 1. The van der Waals surface area contributed by atoms with E-state index in [0.717, 1.165) is 44.3 Å². The van der Waals surface area contributed by atoms with E-state index in [0.29, 0.717) is 12.0 Å². The molecule has 0 saturated carbocycles. The van der Waals surface area contributed by atoms with Crippen molar-refractivity contribution in [3.8, 4) is 0 Å². The molecule has 2 aromatic rings. The molecule has 1 aliphatic heterocycles. The van der Waals surface area contributed by atoms with Crippen LogP contribution in [0.3, 0.4) is 0 Å². The molecule has 0 spiro atoms. The Labute approximate surface area is 144 Å². The summed E-state index contributed by atoms with van der Waals surface area (Å²) >= 11 is 0. The predicted octanol–water partition coefficient (Wildman–Crippen LogP) is 2.94. The zero-order valence-electron chi connectivity index (χ0n) is 15.0. The number of likely N-dealkylation sites (tertiary alicyclic amines) is 1. The van der Waals surface area contributed by atoms with E-state index in [4.69, 9.17) is 4.42 Å². The van der Waals surface area contributed by atoms with Crippen molar-refractivity contribution >= 4 is 0 Å². The normalized spacial score (nSPS) is 18.8. The van der Waals surface area contributed by atoms with Crippen molar-refractivity contribution in [3.63, 3.8) is 0 Å². The van der Waals surface area contributed by atoms with Crippen LogP contribution in [-0.2, 0) is 13.0 Å². The van der Waals surface area contributed by atoms with Crippen molar-refractivity contribution in [2.75, 3.05) is 26.7 Å². The zero-order valence-corrected chi connectivity index (χ0v) is 15.0. The molecule has 130 valence electrons. The molecule has 24 heavy (non-hydrogen) atoms. The van der Waals surface area contributed by atoms with Gasteiger partial charge in [0.2, 0.25) is 5.89 Å². The lowest BCUT2D eigenvalue weighted by atomic mass is 10.2. The fraction of sp³-hybridized carbons (Fsp3) is 0.579. The van der Waals surface area contributed by atoms with Crippen LogP contribution >= 0.6 is 0 Å². The Morgan fingerprint density at radius 1 is 1.33 bits per heavy atom. The Morgan fingerprint density at radius 3 is 2.92 bits per heavy atom. The standard InChI is InChI=1S/C19H28N4O/c1-15(2)18-12-21-19(24-18)14-22(3)17-8-11-23(13-17)10-7-16-6-4-5-9-20-16/h4-6,9,12,15,17H,7-8,10-11,13-14H2,1-3H3/t17-/m1/s1. The number of oxazole rings is 1. The number of nitrogens with zero attached hydrogens (tertiary/aromatic N) is 4. The van der Waals surface area contributed by atoms with Gasteiger partial charge in [0.05, 0.1) is 12.7 Å². The third-order valence-electron chi connectivity index (χ3n) is 4.81. The van der Waals surface area contributed by atoms with Crippen molar-refractivity contribution in [3.05, 3.63) is 47.9 Å². The SMILES string of the molecule is CC(C)c1cnc(CN(C)[C@@H]2CCN(CCc3ccccn3)C2)o1. The van der Waals surface area contributed by atoms with E-state index in [2.05, 4.69) is 52.8 Å². The van der Waals surface area contributed by atoms with Crippen molar-refractivity contribution in [2.45, 2.75) is 45.2 Å². The second-order valence-electron chi connectivity index (χ2n) is 7.04. The maximum atomic E-state index is 5.83. The van der Waals surface area contributed by atoms with Crippen LogP contribution in [-0.4, -0.2) is 52.5 Å². The minimum Gasteiger partial charge on any atom is -0.444 e. The van der Waals surface area contributed by atoms with Gasteiger partial charge >= 0.3 is 0 Å². The molecule has 1 fully saturated rings. The van der Waals surface area contributed by atoms with Crippen LogP contribution in [0, 0.1) is 0 Å². The summed E-state index contributed by atoms with van der Waals surface area (Å²) in [5, 5.41) is 0. The molecule has 5 nitrogen and oxygen atoms in total. The van der Waals surface area contributed by atoms with Gasteiger partial charge in [0.1, 0.15) is 5.76 Å². The zero-order chi connectivity index (χ0) is 16.9. The highest BCUT2D eigenvalue weighted by Crippen LogP contribution is 2.19. The molecule has 3 rings (SSSR count). The van der Waals surface area contributed by atoms with Crippen LogP contribution < -0.4 is 0 Å². The van der Waals surface area contributed by atoms with E-state index in [1.807, 2.05) is 18.5 Å². The maximum Gasteiger partial charge on any atom is 0.208 e. The van der Waals surface area contributed by atoms with Gasteiger partial charge in [0.25, 0.3) is 0 Å². The minimum absolute atomic E-state index is 0.394. The van der Waals surface area contributed by atoms with E-state index < -0.39 is 0 Å². The highest BCUT2D eigenvalue weighted by atomic mass is 16.4. The molecule has 2 aromatic heterocycles. The number of aromatic nitrogens is 2. The average molecular weight is 328 g/mol. The fourth-order valence-electron chi connectivity index (χ4n) is 3.20. The first-order chi connectivity index (χ1) is 11.6. The van der Waals surface area contributed by atoms with Gasteiger partial charge in [0, 0.05) is 43.4 Å². The van der Waals surface area contributed by atoms with Crippen LogP contribution in [0.1, 0.15) is 43.5 Å². The molecule has 0 N–H and O–H groups in total. The summed E-state index contributed by atoms with van der Waals surface area (Å²) in [6.07, 6.45) is 5.96. The monoisotopic (exact) mass is 328 g/mol. The summed E-state index contributed by atoms with van der Waals surface area (Å²) in [7, 11) is 2.17. The van der Waals surface area contributed by atoms with Gasteiger partial charge in [-0.15, -0.1) is 0 Å². The maximum absolute atomic E-state index is 5.83. The summed E-state index contributed by atoms with van der Waals surface area (Å²) in [6.45, 7) is 8.39. The topological polar surface area (TPSA) is 45.4 Å². The molecular weight excluding hydrogens is 300 g/mol. The van der Waals surface area contributed by atoms with Gasteiger partial charge in [-0.2, -0.15) is 0 Å². The van der Waals surface area contributed by atoms with Crippen LogP contribution in [0.5, 0.6) is 0 Å². The third kappa shape index (κ3) is 4.42. The van der Waals surface area contributed by atoms with Crippen molar-refractivity contribution < 1.29 is 4.42 Å². The first-order valence-electron chi connectivity index (χ1n) is 8.89. The molecule has 0 amide bonds. The van der Waals surface area contributed by atoms with Crippen molar-refractivity contribution in [2.24, 2.45) is 0 Å². The quantitative estimate of drug-likeness (QED) is 0.782. The molecule has 1 saturated heterocycles. The number of hydrogen-bond donors (Lipinski definition) is 0. The first-order valence-corrected chi connectivity index (χ1v) is 8.89. The summed E-state index contributed by atoms with van der Waals surface area (Å²) in [5.74, 6) is 2.19. The highest BCUT2D eigenvalue weighted by molar-refractivity contribution is 5.04. The molecular formula is C19H28N4O. The number of hydrogen-bond acceptors (Lipinski definition) is 5. The molecule has 0 bridgehead atoms. The summed E-state index contributed by atoms with van der Waals surface area (Å²) < 4.78 is 5.83. The van der Waals surface area contributed by atoms with Crippen molar-refractivity contribution in [1.82, 2.24) is 19.8 Å². The number of likely N-dealkylation sites (N-methyl/N-ethyl adjacent to an activating group) is 1. The second kappa shape index (κ2) is 7.90. The summed E-state index contributed by atoms with van der Waals surface area (Å²) in [4.78, 5) is 13.7. The molecule has 0 radical (unpaired) electrons. The van der Waals surface area contributed by atoms with Crippen LogP contribution in [0.2, 0.25) is 0 Å². The Hall–Kier alpha value is -1.72. The lowest BCUT2D eigenvalue weighted by molar-refractivity contribution is 0.205.